The van der Waals surface area contributed by atoms with Crippen molar-refractivity contribution in [2.45, 2.75) is 46.5 Å². The third-order valence-electron chi connectivity index (χ3n) is 6.68. The smallest absolute Gasteiger partial charge is 0.0708 e. The van der Waals surface area contributed by atoms with Gasteiger partial charge in [0.05, 0.1) is 5.52 Å². The molecule has 0 radical (unpaired) electrons. The van der Waals surface area contributed by atoms with Crippen LogP contribution in [0.25, 0.3) is 10.9 Å². The summed E-state index contributed by atoms with van der Waals surface area (Å²) >= 11 is 0. The van der Waals surface area contributed by atoms with Gasteiger partial charge in [-0.2, -0.15) is 0 Å². The van der Waals surface area contributed by atoms with Crippen molar-refractivity contribution < 1.29 is 0 Å². The van der Waals surface area contributed by atoms with E-state index in [2.05, 4.69) is 58.0 Å². The van der Waals surface area contributed by atoms with Crippen molar-refractivity contribution in [2.24, 2.45) is 23.2 Å². The SMILES string of the molecule is Cc1cc([C@H]2C[C@H]3C[C@@H]([C@@H]2C)C3(C)C)nc2ccccc12. The van der Waals surface area contributed by atoms with E-state index in [1.165, 1.54) is 35.0 Å². The first kappa shape index (κ1) is 13.3. The monoisotopic (exact) mass is 279 g/mol. The van der Waals surface area contributed by atoms with E-state index in [0.717, 1.165) is 17.8 Å². The van der Waals surface area contributed by atoms with Crippen LogP contribution < -0.4 is 0 Å². The molecule has 3 aliphatic rings. The number of aromatic nitrogens is 1. The zero-order valence-corrected chi connectivity index (χ0v) is 13.6. The number of aryl methyl sites for hydroxylation is 1. The molecule has 21 heavy (non-hydrogen) atoms. The zero-order chi connectivity index (χ0) is 14.8. The molecule has 3 fully saturated rings. The molecule has 0 amide bonds. The molecule has 1 heteroatoms. The standard InChI is InChI=1S/C20H25N/c1-12-9-19(21-18-8-6-5-7-15(12)18)16-10-14-11-17(13(16)2)20(14,3)4/h5-9,13-14,16-17H,10-11H2,1-4H3/t13-,14+,16+,17+/m1/s1. The molecule has 1 nitrogen and oxygen atoms in total. The molecule has 5 rings (SSSR count). The Kier molecular flexibility index (Phi) is 2.73. The van der Waals surface area contributed by atoms with Crippen molar-refractivity contribution in [3.05, 3.63) is 41.6 Å². The Hall–Kier alpha value is -1.37. The summed E-state index contributed by atoms with van der Waals surface area (Å²) < 4.78 is 0. The highest BCUT2D eigenvalue weighted by molar-refractivity contribution is 5.82. The summed E-state index contributed by atoms with van der Waals surface area (Å²) in [6.45, 7) is 9.62. The highest BCUT2D eigenvalue weighted by Gasteiger charge is 2.56. The van der Waals surface area contributed by atoms with Crippen molar-refractivity contribution in [1.82, 2.24) is 4.98 Å². The summed E-state index contributed by atoms with van der Waals surface area (Å²) in [4.78, 5) is 5.01. The normalized spacial score (nSPS) is 33.7. The molecule has 3 saturated carbocycles. The minimum Gasteiger partial charge on any atom is -0.253 e. The lowest BCUT2D eigenvalue weighted by atomic mass is 9.43. The third-order valence-corrected chi connectivity index (χ3v) is 6.68. The number of fused-ring (bicyclic) bond motifs is 3. The van der Waals surface area contributed by atoms with Gasteiger partial charge in [-0.25, -0.2) is 0 Å². The van der Waals surface area contributed by atoms with Gasteiger partial charge in [-0.3, -0.25) is 4.98 Å². The van der Waals surface area contributed by atoms with Gasteiger partial charge >= 0.3 is 0 Å². The van der Waals surface area contributed by atoms with Gasteiger partial charge in [-0.1, -0.05) is 39.0 Å². The van der Waals surface area contributed by atoms with Crippen molar-refractivity contribution in [3.8, 4) is 0 Å². The number of pyridine rings is 1. The van der Waals surface area contributed by atoms with Gasteiger partial charge in [-0.05, 0) is 60.6 Å². The van der Waals surface area contributed by atoms with E-state index in [0.29, 0.717) is 11.3 Å². The average Bonchev–Trinajstić information content (AvgIpc) is 2.46. The minimum atomic E-state index is 0.557. The Balaban J connectivity index is 1.75. The van der Waals surface area contributed by atoms with Gasteiger partial charge in [0, 0.05) is 17.0 Å². The molecule has 2 bridgehead atoms. The topological polar surface area (TPSA) is 12.9 Å². The molecule has 1 aromatic carbocycles. The summed E-state index contributed by atoms with van der Waals surface area (Å²) in [5.74, 6) is 3.20. The Morgan fingerprint density at radius 1 is 1.14 bits per heavy atom. The number of hydrogen-bond acceptors (Lipinski definition) is 1. The van der Waals surface area contributed by atoms with Crippen LogP contribution in [0.4, 0.5) is 0 Å². The number of rotatable bonds is 1. The second kappa shape index (κ2) is 4.32. The molecule has 4 atom stereocenters. The Labute approximate surface area is 127 Å². The summed E-state index contributed by atoms with van der Waals surface area (Å²) in [5, 5.41) is 1.30. The maximum Gasteiger partial charge on any atom is 0.0708 e. The van der Waals surface area contributed by atoms with E-state index in [-0.39, 0.29) is 0 Å². The fraction of sp³-hybridized carbons (Fsp3) is 0.550. The first-order valence-electron chi connectivity index (χ1n) is 8.34. The molecule has 0 saturated heterocycles. The van der Waals surface area contributed by atoms with Gasteiger partial charge in [0.1, 0.15) is 0 Å². The molecule has 0 aliphatic heterocycles. The molecule has 1 heterocycles. The van der Waals surface area contributed by atoms with E-state index < -0.39 is 0 Å². The number of benzene rings is 1. The van der Waals surface area contributed by atoms with Crippen molar-refractivity contribution in [2.75, 3.05) is 0 Å². The summed E-state index contributed by atoms with van der Waals surface area (Å²) in [5.41, 5.74) is 4.44. The highest BCUT2D eigenvalue weighted by Crippen LogP contribution is 2.64. The summed E-state index contributed by atoms with van der Waals surface area (Å²) in [6, 6.07) is 10.9. The largest absolute Gasteiger partial charge is 0.253 e. The number of para-hydroxylation sites is 1. The lowest BCUT2D eigenvalue weighted by Gasteiger charge is -2.62. The van der Waals surface area contributed by atoms with Crippen LogP contribution in [-0.4, -0.2) is 4.98 Å². The predicted octanol–water partition coefficient (Wildman–Crippen LogP) is 5.33. The van der Waals surface area contributed by atoms with E-state index in [4.69, 9.17) is 4.98 Å². The van der Waals surface area contributed by atoms with E-state index in [9.17, 15) is 0 Å². The molecular weight excluding hydrogens is 254 g/mol. The molecule has 1 aromatic heterocycles. The van der Waals surface area contributed by atoms with Gasteiger partial charge in [-0.15, -0.1) is 0 Å². The second-order valence-corrected chi connectivity index (χ2v) is 7.94. The van der Waals surface area contributed by atoms with Crippen LogP contribution in [0.2, 0.25) is 0 Å². The highest BCUT2D eigenvalue weighted by atomic mass is 14.7. The Morgan fingerprint density at radius 3 is 2.62 bits per heavy atom. The van der Waals surface area contributed by atoms with Crippen molar-refractivity contribution >= 4 is 10.9 Å². The molecular formula is C20H25N. The lowest BCUT2D eigenvalue weighted by Crippen LogP contribution is -2.54. The molecule has 0 unspecified atom stereocenters. The van der Waals surface area contributed by atoms with Crippen LogP contribution in [0.1, 0.15) is 50.8 Å². The van der Waals surface area contributed by atoms with Crippen LogP contribution in [0.15, 0.2) is 30.3 Å². The van der Waals surface area contributed by atoms with E-state index >= 15 is 0 Å². The van der Waals surface area contributed by atoms with Crippen molar-refractivity contribution in [1.29, 1.82) is 0 Å². The van der Waals surface area contributed by atoms with Crippen LogP contribution >= 0.6 is 0 Å². The zero-order valence-electron chi connectivity index (χ0n) is 13.6. The van der Waals surface area contributed by atoms with Crippen LogP contribution in [0.5, 0.6) is 0 Å². The fourth-order valence-electron chi connectivity index (χ4n) is 5.11. The quantitative estimate of drug-likeness (QED) is 0.687. The van der Waals surface area contributed by atoms with E-state index in [1.807, 2.05) is 0 Å². The maximum absolute atomic E-state index is 5.01. The van der Waals surface area contributed by atoms with Crippen LogP contribution in [0.3, 0.4) is 0 Å². The number of hydrogen-bond donors (Lipinski definition) is 0. The van der Waals surface area contributed by atoms with Gasteiger partial charge in [0.15, 0.2) is 0 Å². The molecule has 110 valence electrons. The molecule has 0 N–H and O–H groups in total. The van der Waals surface area contributed by atoms with Gasteiger partial charge in [0.2, 0.25) is 0 Å². The fourth-order valence-corrected chi connectivity index (χ4v) is 5.11. The average molecular weight is 279 g/mol. The van der Waals surface area contributed by atoms with Gasteiger partial charge in [0.25, 0.3) is 0 Å². The molecule has 2 aromatic rings. The number of nitrogens with zero attached hydrogens (tertiary/aromatic N) is 1. The minimum absolute atomic E-state index is 0.557. The maximum atomic E-state index is 5.01. The second-order valence-electron chi connectivity index (χ2n) is 7.94. The molecule has 3 aliphatic carbocycles. The Bertz CT molecular complexity index is 700. The first-order chi connectivity index (χ1) is 9.98. The lowest BCUT2D eigenvalue weighted by molar-refractivity contribution is -0.111. The summed E-state index contributed by atoms with van der Waals surface area (Å²) in [6.07, 6.45) is 2.77. The Morgan fingerprint density at radius 2 is 1.90 bits per heavy atom. The third kappa shape index (κ3) is 1.79. The van der Waals surface area contributed by atoms with Crippen LogP contribution in [0, 0.1) is 30.1 Å². The summed E-state index contributed by atoms with van der Waals surface area (Å²) in [7, 11) is 0. The molecule has 0 spiro atoms. The first-order valence-corrected chi connectivity index (χ1v) is 8.34. The van der Waals surface area contributed by atoms with E-state index in [1.54, 1.807) is 0 Å². The predicted molar refractivity (Wildman–Crippen MR) is 88.4 cm³/mol. The van der Waals surface area contributed by atoms with Crippen LogP contribution in [-0.2, 0) is 0 Å². The van der Waals surface area contributed by atoms with Crippen molar-refractivity contribution in [3.63, 3.8) is 0 Å². The van der Waals surface area contributed by atoms with Gasteiger partial charge < -0.3 is 0 Å².